The van der Waals surface area contributed by atoms with Gasteiger partial charge in [0.2, 0.25) is 0 Å². The molecule has 18 heavy (non-hydrogen) atoms. The van der Waals surface area contributed by atoms with Crippen LogP contribution in [-0.2, 0) is 4.79 Å². The zero-order chi connectivity index (χ0) is 13.7. The summed E-state index contributed by atoms with van der Waals surface area (Å²) in [6.45, 7) is 9.78. The minimum absolute atomic E-state index is 0.156. The summed E-state index contributed by atoms with van der Waals surface area (Å²) >= 11 is 0. The van der Waals surface area contributed by atoms with Gasteiger partial charge in [-0.15, -0.1) is 0 Å². The summed E-state index contributed by atoms with van der Waals surface area (Å²) < 4.78 is 0. The highest BCUT2D eigenvalue weighted by Crippen LogP contribution is 2.33. The van der Waals surface area contributed by atoms with E-state index in [0.29, 0.717) is 6.04 Å². The molecule has 1 fully saturated rings. The molecule has 3 heteroatoms. The molecule has 0 bridgehead atoms. The minimum atomic E-state index is -0.683. The number of carboxylic acid groups (broad SMARTS) is 1. The highest BCUT2D eigenvalue weighted by Gasteiger charge is 2.30. The average molecular weight is 255 g/mol. The normalized spacial score (nSPS) is 26.6. The molecule has 0 aromatic carbocycles. The molecule has 0 aromatic heterocycles. The van der Waals surface area contributed by atoms with Gasteiger partial charge in [-0.3, -0.25) is 9.69 Å². The molecule has 3 unspecified atom stereocenters. The fraction of sp³-hybridized carbons (Fsp3) is 0.933. The molecule has 0 saturated heterocycles. The van der Waals surface area contributed by atoms with Crippen LogP contribution in [0.15, 0.2) is 0 Å². The second-order valence-electron chi connectivity index (χ2n) is 6.10. The van der Waals surface area contributed by atoms with Crippen LogP contribution in [0.25, 0.3) is 0 Å². The predicted molar refractivity (Wildman–Crippen MR) is 74.7 cm³/mol. The lowest BCUT2D eigenvalue weighted by atomic mass is 9.78. The van der Waals surface area contributed by atoms with Gasteiger partial charge in [-0.05, 0) is 38.1 Å². The second-order valence-corrected chi connectivity index (χ2v) is 6.10. The van der Waals surface area contributed by atoms with Crippen LogP contribution in [0.5, 0.6) is 0 Å². The third-order valence-electron chi connectivity index (χ3n) is 4.50. The molecule has 1 rings (SSSR count). The molecule has 0 amide bonds. The summed E-state index contributed by atoms with van der Waals surface area (Å²) in [6, 6.07) is 0.744. The molecular weight excluding hydrogens is 226 g/mol. The average Bonchev–Trinajstić information content (AvgIpc) is 2.29. The van der Waals surface area contributed by atoms with Crippen molar-refractivity contribution in [3.63, 3.8) is 0 Å². The Labute approximate surface area is 112 Å². The monoisotopic (exact) mass is 255 g/mol. The van der Waals surface area contributed by atoms with Crippen LogP contribution in [0.3, 0.4) is 0 Å². The largest absolute Gasteiger partial charge is 0.481 e. The van der Waals surface area contributed by atoms with E-state index in [1.165, 1.54) is 25.7 Å². The number of carboxylic acids is 1. The Kier molecular flexibility index (Phi) is 6.13. The topological polar surface area (TPSA) is 40.5 Å². The second kappa shape index (κ2) is 7.13. The molecule has 106 valence electrons. The summed E-state index contributed by atoms with van der Waals surface area (Å²) in [4.78, 5) is 13.3. The molecule has 3 atom stereocenters. The van der Waals surface area contributed by atoms with Gasteiger partial charge in [-0.25, -0.2) is 0 Å². The number of rotatable bonds is 6. The zero-order valence-electron chi connectivity index (χ0n) is 12.4. The summed E-state index contributed by atoms with van der Waals surface area (Å²) in [5.41, 5.74) is 0. The van der Waals surface area contributed by atoms with Crippen LogP contribution >= 0.6 is 0 Å². The number of hydrogen-bond donors (Lipinski definition) is 1. The van der Waals surface area contributed by atoms with E-state index in [4.69, 9.17) is 5.11 Å². The van der Waals surface area contributed by atoms with E-state index in [2.05, 4.69) is 32.6 Å². The molecule has 0 aliphatic heterocycles. The van der Waals surface area contributed by atoms with E-state index in [1.807, 2.05) is 0 Å². The number of aliphatic carboxylic acids is 1. The molecule has 1 N–H and O–H groups in total. The Morgan fingerprint density at radius 1 is 1.33 bits per heavy atom. The quantitative estimate of drug-likeness (QED) is 0.791. The van der Waals surface area contributed by atoms with E-state index in [1.54, 1.807) is 0 Å². The summed E-state index contributed by atoms with van der Waals surface area (Å²) in [5, 5.41) is 8.94. The fourth-order valence-electron chi connectivity index (χ4n) is 3.41. The Balaban J connectivity index is 2.61. The lowest BCUT2D eigenvalue weighted by molar-refractivity contribution is -0.138. The maximum absolute atomic E-state index is 10.9. The van der Waals surface area contributed by atoms with Crippen LogP contribution < -0.4 is 0 Å². The van der Waals surface area contributed by atoms with Crippen molar-refractivity contribution in [1.82, 2.24) is 4.90 Å². The first-order chi connectivity index (χ1) is 8.45. The van der Waals surface area contributed by atoms with Crippen LogP contribution in [0.1, 0.15) is 59.8 Å². The number of carbonyl (C=O) groups is 1. The molecule has 0 radical (unpaired) electrons. The summed E-state index contributed by atoms with van der Waals surface area (Å²) in [7, 11) is 0. The van der Waals surface area contributed by atoms with Gasteiger partial charge in [-0.1, -0.05) is 33.6 Å². The molecule has 1 aliphatic rings. The summed E-state index contributed by atoms with van der Waals surface area (Å²) in [6.07, 6.45) is 5.38. The lowest BCUT2D eigenvalue weighted by Crippen LogP contribution is -2.45. The van der Waals surface area contributed by atoms with Gasteiger partial charge in [0, 0.05) is 12.1 Å². The molecule has 3 nitrogen and oxygen atoms in total. The van der Waals surface area contributed by atoms with Crippen LogP contribution in [0.4, 0.5) is 0 Å². The van der Waals surface area contributed by atoms with Gasteiger partial charge >= 0.3 is 5.97 Å². The van der Waals surface area contributed by atoms with Gasteiger partial charge in [0.15, 0.2) is 0 Å². The van der Waals surface area contributed by atoms with Crippen molar-refractivity contribution in [2.45, 2.75) is 71.9 Å². The first-order valence-corrected chi connectivity index (χ1v) is 7.43. The van der Waals surface area contributed by atoms with Crippen molar-refractivity contribution in [2.75, 3.05) is 6.54 Å². The van der Waals surface area contributed by atoms with Gasteiger partial charge in [-0.2, -0.15) is 0 Å². The van der Waals surface area contributed by atoms with E-state index >= 15 is 0 Å². The Morgan fingerprint density at radius 2 is 2.00 bits per heavy atom. The number of nitrogens with zero attached hydrogens (tertiary/aromatic N) is 1. The number of hydrogen-bond acceptors (Lipinski definition) is 2. The SMILES string of the molecule is CCN(C(C)CC(=O)O)C1CCCC(C(C)C)C1. The lowest BCUT2D eigenvalue weighted by Gasteiger charge is -2.41. The maximum atomic E-state index is 10.9. The molecule has 1 aliphatic carbocycles. The van der Waals surface area contributed by atoms with Gasteiger partial charge < -0.3 is 5.11 Å². The highest BCUT2D eigenvalue weighted by atomic mass is 16.4. The van der Waals surface area contributed by atoms with E-state index < -0.39 is 5.97 Å². The summed E-state index contributed by atoms with van der Waals surface area (Å²) in [5.74, 6) is 0.883. The van der Waals surface area contributed by atoms with E-state index in [0.717, 1.165) is 18.4 Å². The van der Waals surface area contributed by atoms with Crippen LogP contribution in [0.2, 0.25) is 0 Å². The smallest absolute Gasteiger partial charge is 0.304 e. The van der Waals surface area contributed by atoms with Crippen molar-refractivity contribution in [2.24, 2.45) is 11.8 Å². The predicted octanol–water partition coefficient (Wildman–Crippen LogP) is 3.39. The van der Waals surface area contributed by atoms with E-state index in [-0.39, 0.29) is 12.5 Å². The van der Waals surface area contributed by atoms with Crippen molar-refractivity contribution in [3.05, 3.63) is 0 Å². The Morgan fingerprint density at radius 3 is 2.50 bits per heavy atom. The fourth-order valence-corrected chi connectivity index (χ4v) is 3.41. The van der Waals surface area contributed by atoms with Crippen LogP contribution in [-0.4, -0.2) is 34.6 Å². The molecule has 0 heterocycles. The van der Waals surface area contributed by atoms with Crippen molar-refractivity contribution >= 4 is 5.97 Å². The third-order valence-corrected chi connectivity index (χ3v) is 4.50. The van der Waals surface area contributed by atoms with Gasteiger partial charge in [0.05, 0.1) is 6.42 Å². The highest BCUT2D eigenvalue weighted by molar-refractivity contribution is 5.67. The third kappa shape index (κ3) is 4.27. The Bertz CT molecular complexity index is 265. The molecule has 0 spiro atoms. The van der Waals surface area contributed by atoms with Crippen molar-refractivity contribution < 1.29 is 9.90 Å². The van der Waals surface area contributed by atoms with Gasteiger partial charge in [0.25, 0.3) is 0 Å². The van der Waals surface area contributed by atoms with Crippen molar-refractivity contribution in [3.8, 4) is 0 Å². The zero-order valence-corrected chi connectivity index (χ0v) is 12.4. The molecular formula is C15H29NO2. The standard InChI is InChI=1S/C15H29NO2/c1-5-16(12(4)9-15(17)18)14-8-6-7-13(10-14)11(2)3/h11-14H,5-10H2,1-4H3,(H,17,18). The maximum Gasteiger partial charge on any atom is 0.304 e. The minimum Gasteiger partial charge on any atom is -0.481 e. The Hall–Kier alpha value is -0.570. The first-order valence-electron chi connectivity index (χ1n) is 7.43. The van der Waals surface area contributed by atoms with Crippen molar-refractivity contribution in [1.29, 1.82) is 0 Å². The first kappa shape index (κ1) is 15.5. The van der Waals surface area contributed by atoms with Crippen LogP contribution in [0, 0.1) is 11.8 Å². The van der Waals surface area contributed by atoms with Gasteiger partial charge in [0.1, 0.15) is 0 Å². The molecule has 0 aromatic rings. The molecule has 1 saturated carbocycles. The van der Waals surface area contributed by atoms with E-state index in [9.17, 15) is 4.79 Å².